The van der Waals surface area contributed by atoms with Gasteiger partial charge in [-0.25, -0.2) is 8.97 Å². The SMILES string of the molecule is C=[N+](C)[C@@H]1CCN(Cc2cccc(-c3ccc(C#N)c(F)c3)c2C2CC2)C1. The first-order valence-corrected chi connectivity index (χ1v) is 9.64. The summed E-state index contributed by atoms with van der Waals surface area (Å²) < 4.78 is 16.3. The molecule has 0 aromatic heterocycles. The van der Waals surface area contributed by atoms with Crippen molar-refractivity contribution >= 4 is 6.72 Å². The third-order valence-electron chi connectivity index (χ3n) is 5.85. The van der Waals surface area contributed by atoms with E-state index < -0.39 is 5.82 Å². The van der Waals surface area contributed by atoms with Crippen molar-refractivity contribution in [3.05, 3.63) is 58.9 Å². The van der Waals surface area contributed by atoms with E-state index in [1.807, 2.05) is 19.2 Å². The first-order valence-electron chi connectivity index (χ1n) is 9.64. The van der Waals surface area contributed by atoms with Crippen molar-refractivity contribution in [2.45, 2.75) is 37.8 Å². The molecule has 0 bridgehead atoms. The van der Waals surface area contributed by atoms with Crippen molar-refractivity contribution in [2.75, 3.05) is 20.1 Å². The Morgan fingerprint density at radius 3 is 2.70 bits per heavy atom. The average Bonchev–Trinajstić information content (AvgIpc) is 3.39. The Morgan fingerprint density at radius 2 is 2.07 bits per heavy atom. The van der Waals surface area contributed by atoms with Gasteiger partial charge >= 0.3 is 0 Å². The van der Waals surface area contributed by atoms with Gasteiger partial charge in [0, 0.05) is 19.5 Å². The second-order valence-corrected chi connectivity index (χ2v) is 7.89. The fraction of sp³-hybridized carbons (Fsp3) is 0.391. The lowest BCUT2D eigenvalue weighted by Gasteiger charge is -2.20. The van der Waals surface area contributed by atoms with Crippen LogP contribution >= 0.6 is 0 Å². The van der Waals surface area contributed by atoms with E-state index in [1.54, 1.807) is 6.07 Å². The van der Waals surface area contributed by atoms with Crippen LogP contribution in [0.1, 0.15) is 41.9 Å². The van der Waals surface area contributed by atoms with Gasteiger partial charge in [-0.2, -0.15) is 5.26 Å². The largest absolute Gasteiger partial charge is 0.292 e. The highest BCUT2D eigenvalue weighted by Crippen LogP contribution is 2.46. The van der Waals surface area contributed by atoms with Gasteiger partial charge in [0.15, 0.2) is 6.04 Å². The van der Waals surface area contributed by atoms with E-state index in [1.165, 1.54) is 30.0 Å². The smallest absolute Gasteiger partial charge is 0.165 e. The van der Waals surface area contributed by atoms with Gasteiger partial charge in [-0.3, -0.25) is 4.90 Å². The molecule has 0 unspecified atom stereocenters. The molecule has 3 nitrogen and oxygen atoms in total. The normalized spacial score (nSPS) is 19.8. The molecule has 1 atom stereocenters. The molecular weight excluding hydrogens is 337 g/mol. The van der Waals surface area contributed by atoms with E-state index in [9.17, 15) is 4.39 Å². The van der Waals surface area contributed by atoms with Crippen LogP contribution < -0.4 is 0 Å². The maximum Gasteiger partial charge on any atom is 0.165 e. The molecule has 2 aliphatic rings. The van der Waals surface area contributed by atoms with Crippen LogP contribution in [0.4, 0.5) is 4.39 Å². The summed E-state index contributed by atoms with van der Waals surface area (Å²) in [5.41, 5.74) is 4.80. The predicted molar refractivity (Wildman–Crippen MR) is 106 cm³/mol. The number of hydrogen-bond acceptors (Lipinski definition) is 2. The molecule has 2 fully saturated rings. The third kappa shape index (κ3) is 3.65. The van der Waals surface area contributed by atoms with Crippen molar-refractivity contribution in [3.8, 4) is 17.2 Å². The molecular formula is C23H25FN3+. The van der Waals surface area contributed by atoms with Crippen LogP contribution in [0.2, 0.25) is 0 Å². The van der Waals surface area contributed by atoms with Crippen LogP contribution in [0.25, 0.3) is 11.1 Å². The Kier molecular flexibility index (Phi) is 4.80. The number of halogens is 1. The Bertz CT molecular complexity index is 924. The lowest BCUT2D eigenvalue weighted by Crippen LogP contribution is -2.27. The highest BCUT2D eigenvalue weighted by atomic mass is 19.1. The lowest BCUT2D eigenvalue weighted by atomic mass is 9.91. The molecule has 0 spiro atoms. The van der Waals surface area contributed by atoms with Gasteiger partial charge in [0.25, 0.3) is 0 Å². The highest BCUT2D eigenvalue weighted by molar-refractivity contribution is 5.71. The minimum atomic E-state index is -0.442. The van der Waals surface area contributed by atoms with Gasteiger partial charge in [0.05, 0.1) is 12.1 Å². The van der Waals surface area contributed by atoms with Gasteiger partial charge in [-0.1, -0.05) is 24.3 Å². The van der Waals surface area contributed by atoms with E-state index in [4.69, 9.17) is 5.26 Å². The zero-order chi connectivity index (χ0) is 19.0. The maximum atomic E-state index is 14.2. The predicted octanol–water partition coefficient (Wildman–Crippen LogP) is 4.16. The second kappa shape index (κ2) is 7.25. The topological polar surface area (TPSA) is 30.0 Å². The number of rotatable bonds is 5. The van der Waals surface area contributed by atoms with E-state index in [0.29, 0.717) is 12.0 Å². The van der Waals surface area contributed by atoms with Gasteiger partial charge < -0.3 is 0 Å². The molecule has 1 saturated carbocycles. The van der Waals surface area contributed by atoms with Crippen LogP contribution in [0.15, 0.2) is 36.4 Å². The molecule has 138 valence electrons. The molecule has 27 heavy (non-hydrogen) atoms. The summed E-state index contributed by atoms with van der Waals surface area (Å²) in [6.45, 7) is 7.10. The molecule has 1 heterocycles. The van der Waals surface area contributed by atoms with Crippen LogP contribution in [-0.2, 0) is 6.54 Å². The fourth-order valence-electron chi connectivity index (χ4n) is 4.19. The van der Waals surface area contributed by atoms with Crippen molar-refractivity contribution in [3.63, 3.8) is 0 Å². The standard InChI is InChI=1S/C23H25FN3/c1-26(2)20-10-11-27(15-20)14-19-4-3-5-21(23(19)16-6-7-16)17-8-9-18(13-25)22(24)12-17/h3-5,8-9,12,16,20H,1,6-7,10-11,14-15H2,2H3/q+1/t20-/m1/s1. The first kappa shape index (κ1) is 17.9. The van der Waals surface area contributed by atoms with Crippen molar-refractivity contribution < 1.29 is 8.97 Å². The zero-order valence-corrected chi connectivity index (χ0v) is 15.8. The van der Waals surface area contributed by atoms with Crippen LogP contribution in [-0.4, -0.2) is 42.4 Å². The van der Waals surface area contributed by atoms with Crippen LogP contribution in [0.3, 0.4) is 0 Å². The summed E-state index contributed by atoms with van der Waals surface area (Å²) in [5.74, 6) is 0.131. The van der Waals surface area contributed by atoms with Crippen molar-refractivity contribution in [1.29, 1.82) is 5.26 Å². The molecule has 2 aromatic rings. The molecule has 4 rings (SSSR count). The van der Waals surface area contributed by atoms with Crippen LogP contribution in [0.5, 0.6) is 0 Å². The number of likely N-dealkylation sites (tertiary alicyclic amines) is 1. The molecule has 1 aliphatic heterocycles. The summed E-state index contributed by atoms with van der Waals surface area (Å²) in [7, 11) is 2.05. The first-order chi connectivity index (χ1) is 13.1. The number of hydrogen-bond donors (Lipinski definition) is 0. The Morgan fingerprint density at radius 1 is 1.26 bits per heavy atom. The van der Waals surface area contributed by atoms with Crippen molar-refractivity contribution in [2.24, 2.45) is 0 Å². The number of nitrogens with zero attached hydrogens (tertiary/aromatic N) is 3. The molecule has 1 saturated heterocycles. The van der Waals surface area contributed by atoms with E-state index >= 15 is 0 Å². The van der Waals surface area contributed by atoms with Gasteiger partial charge in [0.2, 0.25) is 0 Å². The third-order valence-corrected chi connectivity index (χ3v) is 5.85. The molecule has 2 aromatic carbocycles. The molecule has 0 N–H and O–H groups in total. The maximum absolute atomic E-state index is 14.2. The highest BCUT2D eigenvalue weighted by Gasteiger charge is 2.32. The van der Waals surface area contributed by atoms with E-state index in [2.05, 4.69) is 34.4 Å². The minimum Gasteiger partial charge on any atom is -0.292 e. The molecule has 0 amide bonds. The quantitative estimate of drug-likeness (QED) is 0.591. The van der Waals surface area contributed by atoms with Gasteiger partial charge in [0.1, 0.15) is 25.7 Å². The number of benzene rings is 2. The van der Waals surface area contributed by atoms with Gasteiger partial charge in [-0.05, 0) is 53.1 Å². The Balaban J connectivity index is 1.66. The minimum absolute atomic E-state index is 0.100. The summed E-state index contributed by atoms with van der Waals surface area (Å²) >= 11 is 0. The van der Waals surface area contributed by atoms with E-state index in [-0.39, 0.29) is 5.56 Å². The number of likely N-dealkylation sites (N-methyl/N-ethyl adjacent to an activating group) is 1. The molecule has 1 aliphatic carbocycles. The second-order valence-electron chi connectivity index (χ2n) is 7.89. The van der Waals surface area contributed by atoms with Gasteiger partial charge in [-0.15, -0.1) is 0 Å². The monoisotopic (exact) mass is 362 g/mol. The molecule has 4 heteroatoms. The zero-order valence-electron chi connectivity index (χ0n) is 15.8. The summed E-state index contributed by atoms with van der Waals surface area (Å²) in [6, 6.07) is 13.8. The van der Waals surface area contributed by atoms with E-state index in [0.717, 1.165) is 37.2 Å². The fourth-order valence-corrected chi connectivity index (χ4v) is 4.19. The van der Waals surface area contributed by atoms with Crippen molar-refractivity contribution in [1.82, 2.24) is 4.90 Å². The lowest BCUT2D eigenvalue weighted by molar-refractivity contribution is -0.525. The number of nitriles is 1. The molecule has 0 radical (unpaired) electrons. The van der Waals surface area contributed by atoms with Crippen LogP contribution in [0, 0.1) is 17.1 Å². The Hall–Kier alpha value is -2.51. The summed E-state index contributed by atoms with van der Waals surface area (Å²) in [5, 5.41) is 8.99. The summed E-state index contributed by atoms with van der Waals surface area (Å²) in [4.78, 5) is 2.50. The Labute approximate surface area is 160 Å². The average molecular weight is 362 g/mol. The summed E-state index contributed by atoms with van der Waals surface area (Å²) in [6.07, 6.45) is 3.55.